The Hall–Kier alpha value is -2.72. The molecule has 4 aromatic rings. The van der Waals surface area contributed by atoms with E-state index in [0.717, 1.165) is 27.5 Å². The van der Waals surface area contributed by atoms with Gasteiger partial charge in [0.2, 0.25) is 0 Å². The lowest BCUT2D eigenvalue weighted by molar-refractivity contribution is 1.10. The van der Waals surface area contributed by atoms with Crippen LogP contribution in [0.5, 0.6) is 0 Å². The van der Waals surface area contributed by atoms with E-state index in [0.29, 0.717) is 0 Å². The Kier molecular flexibility index (Phi) is 3.75. The Bertz CT molecular complexity index is 1010. The maximum Gasteiger partial charge on any atom is 0.142 e. The number of hydrogen-bond acceptors (Lipinski definition) is 4. The fourth-order valence-corrected chi connectivity index (χ4v) is 3.81. The third-order valence-electron chi connectivity index (χ3n) is 3.84. The van der Waals surface area contributed by atoms with Crippen molar-refractivity contribution in [3.05, 3.63) is 72.1 Å². The molecule has 0 spiro atoms. The van der Waals surface area contributed by atoms with Gasteiger partial charge in [-0.3, -0.25) is 0 Å². The van der Waals surface area contributed by atoms with E-state index in [-0.39, 0.29) is 0 Å². The highest BCUT2D eigenvalue weighted by Crippen LogP contribution is 2.36. The van der Waals surface area contributed by atoms with Crippen LogP contribution in [0.4, 0.5) is 11.5 Å². The number of thiophene rings is 1. The first-order chi connectivity index (χ1) is 11.7. The largest absolute Gasteiger partial charge is 0.340 e. The Labute approximate surface area is 145 Å². The molecule has 1 N–H and O–H groups in total. The maximum absolute atomic E-state index is 4.62. The third-order valence-corrected chi connectivity index (χ3v) is 4.92. The Morgan fingerprint density at radius 1 is 0.875 bits per heavy atom. The van der Waals surface area contributed by atoms with E-state index in [9.17, 15) is 0 Å². The van der Waals surface area contributed by atoms with Crippen LogP contribution in [0.3, 0.4) is 0 Å². The zero-order valence-corrected chi connectivity index (χ0v) is 14.4. The number of rotatable bonds is 3. The number of hydrogen-bond donors (Lipinski definition) is 1. The lowest BCUT2D eigenvalue weighted by atomic mass is 10.2. The Morgan fingerprint density at radius 3 is 2.50 bits per heavy atom. The van der Waals surface area contributed by atoms with Crippen molar-refractivity contribution in [1.82, 2.24) is 9.97 Å². The van der Waals surface area contributed by atoms with Gasteiger partial charge >= 0.3 is 0 Å². The van der Waals surface area contributed by atoms with E-state index in [1.165, 1.54) is 16.0 Å². The molecule has 0 unspecified atom stereocenters. The quantitative estimate of drug-likeness (QED) is 0.522. The Balaban J connectivity index is 1.81. The highest BCUT2D eigenvalue weighted by Gasteiger charge is 2.12. The number of anilines is 2. The van der Waals surface area contributed by atoms with Crippen LogP contribution in [0.1, 0.15) is 11.4 Å². The lowest BCUT2D eigenvalue weighted by Crippen LogP contribution is -1.97. The molecule has 0 atom stereocenters. The van der Waals surface area contributed by atoms with Crippen LogP contribution in [-0.2, 0) is 0 Å². The molecule has 0 radical (unpaired) electrons. The summed E-state index contributed by atoms with van der Waals surface area (Å²) in [7, 11) is 0. The highest BCUT2D eigenvalue weighted by molar-refractivity contribution is 7.21. The number of benzene rings is 2. The summed E-state index contributed by atoms with van der Waals surface area (Å²) in [4.78, 5) is 11.4. The predicted molar refractivity (Wildman–Crippen MR) is 102 cm³/mol. The van der Waals surface area contributed by atoms with E-state index in [4.69, 9.17) is 0 Å². The zero-order valence-electron chi connectivity index (χ0n) is 13.6. The standard InChI is InChI=1S/C20H17N3S/c1-13-7-6-10-16(11-13)23-19-17-12-18(15-8-4-3-5-9-15)24-20(17)22-14(2)21-19/h3-12H,1-2H3,(H,21,22,23). The molecule has 2 aromatic carbocycles. The van der Waals surface area contributed by atoms with Crippen LogP contribution in [0, 0.1) is 13.8 Å². The molecular formula is C20H17N3S. The first-order valence-electron chi connectivity index (χ1n) is 7.86. The first kappa shape index (κ1) is 14.8. The van der Waals surface area contributed by atoms with Crippen molar-refractivity contribution in [3.63, 3.8) is 0 Å². The molecule has 2 heterocycles. The highest BCUT2D eigenvalue weighted by atomic mass is 32.1. The fourth-order valence-electron chi connectivity index (χ4n) is 2.73. The molecule has 0 saturated carbocycles. The first-order valence-corrected chi connectivity index (χ1v) is 8.68. The van der Waals surface area contributed by atoms with Crippen LogP contribution in [0.25, 0.3) is 20.7 Å². The van der Waals surface area contributed by atoms with Gasteiger partial charge in [-0.05, 0) is 43.2 Å². The maximum atomic E-state index is 4.62. The summed E-state index contributed by atoms with van der Waals surface area (Å²) in [5.41, 5.74) is 3.47. The van der Waals surface area contributed by atoms with Gasteiger partial charge in [0, 0.05) is 10.6 Å². The molecule has 0 amide bonds. The van der Waals surface area contributed by atoms with Crippen LogP contribution in [0.15, 0.2) is 60.7 Å². The monoisotopic (exact) mass is 331 g/mol. The Morgan fingerprint density at radius 2 is 1.71 bits per heavy atom. The predicted octanol–water partition coefficient (Wildman–Crippen LogP) is 5.72. The van der Waals surface area contributed by atoms with Crippen molar-refractivity contribution in [2.45, 2.75) is 13.8 Å². The zero-order chi connectivity index (χ0) is 16.5. The summed E-state index contributed by atoms with van der Waals surface area (Å²) < 4.78 is 0. The molecule has 4 heteroatoms. The van der Waals surface area contributed by atoms with Gasteiger partial charge in [0.1, 0.15) is 16.5 Å². The number of fused-ring (bicyclic) bond motifs is 1. The summed E-state index contributed by atoms with van der Waals surface area (Å²) >= 11 is 1.70. The molecule has 0 aliphatic heterocycles. The summed E-state index contributed by atoms with van der Waals surface area (Å²) in [5, 5.41) is 4.51. The second kappa shape index (κ2) is 6.06. The second-order valence-electron chi connectivity index (χ2n) is 5.81. The molecule has 0 bridgehead atoms. The van der Waals surface area contributed by atoms with Crippen molar-refractivity contribution in [1.29, 1.82) is 0 Å². The molecular weight excluding hydrogens is 314 g/mol. The number of nitrogens with zero attached hydrogens (tertiary/aromatic N) is 2. The number of aromatic nitrogens is 2. The fraction of sp³-hybridized carbons (Fsp3) is 0.100. The summed E-state index contributed by atoms with van der Waals surface area (Å²) in [6, 6.07) is 20.9. The van der Waals surface area contributed by atoms with Gasteiger partial charge in [-0.25, -0.2) is 9.97 Å². The summed E-state index contributed by atoms with van der Waals surface area (Å²) in [6.45, 7) is 4.02. The van der Waals surface area contributed by atoms with Crippen molar-refractivity contribution in [2.24, 2.45) is 0 Å². The molecule has 0 saturated heterocycles. The van der Waals surface area contributed by atoms with Gasteiger partial charge in [-0.15, -0.1) is 11.3 Å². The van der Waals surface area contributed by atoms with E-state index in [2.05, 4.69) is 70.7 Å². The van der Waals surface area contributed by atoms with Crippen LogP contribution in [-0.4, -0.2) is 9.97 Å². The van der Waals surface area contributed by atoms with Crippen molar-refractivity contribution < 1.29 is 0 Å². The van der Waals surface area contributed by atoms with E-state index in [1.807, 2.05) is 19.1 Å². The SMILES string of the molecule is Cc1cccc(Nc2nc(C)nc3sc(-c4ccccc4)cc23)c1. The lowest BCUT2D eigenvalue weighted by Gasteiger charge is -2.08. The van der Waals surface area contributed by atoms with Crippen molar-refractivity contribution in [2.75, 3.05) is 5.32 Å². The average molecular weight is 331 g/mol. The molecule has 0 aliphatic carbocycles. The van der Waals surface area contributed by atoms with Crippen molar-refractivity contribution in [3.8, 4) is 10.4 Å². The van der Waals surface area contributed by atoms with Crippen LogP contribution in [0.2, 0.25) is 0 Å². The normalized spacial score (nSPS) is 10.9. The minimum absolute atomic E-state index is 0.777. The topological polar surface area (TPSA) is 37.8 Å². The van der Waals surface area contributed by atoms with Gasteiger partial charge < -0.3 is 5.32 Å². The van der Waals surface area contributed by atoms with Gasteiger partial charge in [-0.2, -0.15) is 0 Å². The molecule has 4 rings (SSSR count). The van der Waals surface area contributed by atoms with E-state index < -0.39 is 0 Å². The average Bonchev–Trinajstić information content (AvgIpc) is 3.00. The summed E-state index contributed by atoms with van der Waals surface area (Å²) in [5.74, 6) is 1.64. The number of nitrogens with one attached hydrogen (secondary N) is 1. The minimum Gasteiger partial charge on any atom is -0.340 e. The molecule has 0 fully saturated rings. The summed E-state index contributed by atoms with van der Waals surface area (Å²) in [6.07, 6.45) is 0. The van der Waals surface area contributed by atoms with Gasteiger partial charge in [-0.1, -0.05) is 42.5 Å². The van der Waals surface area contributed by atoms with Crippen LogP contribution >= 0.6 is 11.3 Å². The van der Waals surface area contributed by atoms with Crippen LogP contribution < -0.4 is 5.32 Å². The number of aryl methyl sites for hydroxylation is 2. The molecule has 0 aliphatic rings. The smallest absolute Gasteiger partial charge is 0.142 e. The van der Waals surface area contributed by atoms with E-state index in [1.54, 1.807) is 11.3 Å². The minimum atomic E-state index is 0.777. The molecule has 3 nitrogen and oxygen atoms in total. The molecule has 2 aromatic heterocycles. The molecule has 118 valence electrons. The van der Waals surface area contributed by atoms with Gasteiger partial charge in [0.25, 0.3) is 0 Å². The van der Waals surface area contributed by atoms with Gasteiger partial charge in [0.15, 0.2) is 0 Å². The van der Waals surface area contributed by atoms with E-state index >= 15 is 0 Å². The third kappa shape index (κ3) is 2.88. The van der Waals surface area contributed by atoms with Gasteiger partial charge in [0.05, 0.1) is 5.39 Å². The molecule has 24 heavy (non-hydrogen) atoms. The second-order valence-corrected chi connectivity index (χ2v) is 6.84. The van der Waals surface area contributed by atoms with Crippen molar-refractivity contribution >= 4 is 33.1 Å².